The number of hydrogen-bond donors (Lipinski definition) is 0. The average Bonchev–Trinajstić information content (AvgIpc) is 2.59. The number of ether oxygens (including phenoxy) is 1. The topological polar surface area (TPSA) is 26.3 Å². The van der Waals surface area contributed by atoms with Crippen molar-refractivity contribution in [1.82, 2.24) is 0 Å². The van der Waals surface area contributed by atoms with E-state index in [9.17, 15) is 4.79 Å². The van der Waals surface area contributed by atoms with E-state index in [1.54, 1.807) is 0 Å². The van der Waals surface area contributed by atoms with Crippen molar-refractivity contribution in [3.63, 3.8) is 0 Å². The minimum absolute atomic E-state index is 0.124. The van der Waals surface area contributed by atoms with Crippen molar-refractivity contribution in [1.29, 1.82) is 0 Å². The summed E-state index contributed by atoms with van der Waals surface area (Å²) in [4.78, 5) is 13.0. The molecule has 1 aromatic heterocycles. The molecule has 0 fully saturated rings. The average molecular weight is 226 g/mol. The lowest BCUT2D eigenvalue weighted by molar-refractivity contribution is 0.0283. The number of ketones is 1. The number of aryl methyl sites for hydroxylation is 1. The van der Waals surface area contributed by atoms with Crippen molar-refractivity contribution < 1.29 is 9.53 Å². The third-order valence-corrected chi connectivity index (χ3v) is 3.33. The van der Waals surface area contributed by atoms with Gasteiger partial charge in [-0.25, -0.2) is 0 Å². The molecule has 0 aliphatic rings. The highest BCUT2D eigenvalue weighted by atomic mass is 32.1. The van der Waals surface area contributed by atoms with Crippen molar-refractivity contribution in [2.24, 2.45) is 5.92 Å². The molecule has 0 spiro atoms. The zero-order valence-electron chi connectivity index (χ0n) is 9.74. The Balaban J connectivity index is 2.86. The molecule has 0 saturated heterocycles. The summed E-state index contributed by atoms with van der Waals surface area (Å²) in [7, 11) is 0. The van der Waals surface area contributed by atoms with Crippen LogP contribution >= 0.6 is 11.3 Å². The lowest BCUT2D eigenvalue weighted by atomic mass is 10.0. The van der Waals surface area contributed by atoms with Gasteiger partial charge in [-0.1, -0.05) is 13.8 Å². The van der Waals surface area contributed by atoms with Gasteiger partial charge in [-0.3, -0.25) is 4.79 Å². The molecule has 1 rings (SSSR count). The normalized spacial score (nSPS) is 13.1. The highest BCUT2D eigenvalue weighted by Gasteiger charge is 2.25. The van der Waals surface area contributed by atoms with Gasteiger partial charge in [-0.05, 0) is 36.8 Å². The monoisotopic (exact) mass is 226 g/mol. The molecule has 0 radical (unpaired) electrons. The first-order valence-electron chi connectivity index (χ1n) is 5.27. The van der Waals surface area contributed by atoms with Crippen LogP contribution in [0, 0.1) is 12.8 Å². The number of Topliss-reactive ketones (excluding diaryl/α,β-unsaturated/α-hetero) is 1. The summed E-state index contributed by atoms with van der Waals surface area (Å²) in [6.45, 7) is 8.50. The van der Waals surface area contributed by atoms with Crippen molar-refractivity contribution in [3.8, 4) is 0 Å². The van der Waals surface area contributed by atoms with E-state index in [0.717, 1.165) is 10.4 Å². The molecular formula is C12H18O2S. The molecule has 84 valence electrons. The van der Waals surface area contributed by atoms with Gasteiger partial charge in [0.2, 0.25) is 5.78 Å². The largest absolute Gasteiger partial charge is 0.370 e. The Morgan fingerprint density at radius 2 is 2.20 bits per heavy atom. The predicted molar refractivity (Wildman–Crippen MR) is 63.6 cm³/mol. The molecule has 0 aliphatic heterocycles. The molecule has 2 nitrogen and oxygen atoms in total. The zero-order valence-corrected chi connectivity index (χ0v) is 10.6. The first-order chi connectivity index (χ1) is 7.07. The second kappa shape index (κ2) is 5.42. The van der Waals surface area contributed by atoms with E-state index in [1.165, 1.54) is 11.3 Å². The Morgan fingerprint density at radius 3 is 2.60 bits per heavy atom. The molecule has 15 heavy (non-hydrogen) atoms. The molecule has 0 aliphatic carbocycles. The van der Waals surface area contributed by atoms with E-state index < -0.39 is 0 Å². The lowest BCUT2D eigenvalue weighted by Crippen LogP contribution is -2.29. The Kier molecular flexibility index (Phi) is 4.48. The molecule has 0 bridgehead atoms. The molecule has 1 aromatic rings. The van der Waals surface area contributed by atoms with E-state index >= 15 is 0 Å². The smallest absolute Gasteiger partial charge is 0.201 e. The standard InChI is InChI=1S/C12H18O2S/c1-5-14-11(8(2)3)10(13)12-9(4)6-7-15-12/h6-8,11H,5H2,1-4H3. The number of rotatable bonds is 5. The molecule has 0 saturated carbocycles. The van der Waals surface area contributed by atoms with E-state index in [0.29, 0.717) is 6.61 Å². The summed E-state index contributed by atoms with van der Waals surface area (Å²) < 4.78 is 5.50. The Hall–Kier alpha value is -0.670. The maximum absolute atomic E-state index is 12.1. The fourth-order valence-corrected chi connectivity index (χ4v) is 2.40. The van der Waals surface area contributed by atoms with Gasteiger partial charge in [-0.15, -0.1) is 11.3 Å². The summed E-state index contributed by atoms with van der Waals surface area (Å²) in [6.07, 6.45) is -0.299. The van der Waals surface area contributed by atoms with Crippen LogP contribution in [-0.4, -0.2) is 18.5 Å². The fourth-order valence-electron chi connectivity index (χ4n) is 1.50. The molecule has 0 N–H and O–H groups in total. The lowest BCUT2D eigenvalue weighted by Gasteiger charge is -2.19. The maximum Gasteiger partial charge on any atom is 0.201 e. The SMILES string of the molecule is CCOC(C(=O)c1sccc1C)C(C)C. The molecule has 0 aromatic carbocycles. The van der Waals surface area contributed by atoms with E-state index in [2.05, 4.69) is 0 Å². The summed E-state index contributed by atoms with van der Waals surface area (Å²) >= 11 is 1.50. The van der Waals surface area contributed by atoms with Gasteiger partial charge in [0.25, 0.3) is 0 Å². The molecule has 1 unspecified atom stereocenters. The Labute approximate surface area is 95.3 Å². The first-order valence-corrected chi connectivity index (χ1v) is 6.15. The quantitative estimate of drug-likeness (QED) is 0.720. The number of thiophene rings is 1. The summed E-state index contributed by atoms with van der Waals surface area (Å²) in [6, 6.07) is 1.97. The third-order valence-electron chi connectivity index (χ3n) is 2.30. The third kappa shape index (κ3) is 2.89. The highest BCUT2D eigenvalue weighted by Crippen LogP contribution is 2.21. The number of hydrogen-bond acceptors (Lipinski definition) is 3. The van der Waals surface area contributed by atoms with Crippen LogP contribution in [0.1, 0.15) is 36.0 Å². The molecule has 3 heteroatoms. The van der Waals surface area contributed by atoms with Crippen LogP contribution in [0.3, 0.4) is 0 Å². The van der Waals surface area contributed by atoms with Crippen LogP contribution in [0.4, 0.5) is 0 Å². The minimum atomic E-state index is -0.299. The fraction of sp³-hybridized carbons (Fsp3) is 0.583. The predicted octanol–water partition coefficient (Wildman–Crippen LogP) is 3.30. The van der Waals surface area contributed by atoms with Crippen LogP contribution < -0.4 is 0 Å². The first kappa shape index (κ1) is 12.4. The number of carbonyl (C=O) groups is 1. The van der Waals surface area contributed by atoms with Gasteiger partial charge in [-0.2, -0.15) is 0 Å². The van der Waals surface area contributed by atoms with Gasteiger partial charge in [0.15, 0.2) is 0 Å². The van der Waals surface area contributed by atoms with E-state index in [4.69, 9.17) is 4.74 Å². The van der Waals surface area contributed by atoms with E-state index in [1.807, 2.05) is 39.1 Å². The van der Waals surface area contributed by atoms with Crippen molar-refractivity contribution in [3.05, 3.63) is 21.9 Å². The molecule has 0 amide bonds. The molecule has 1 heterocycles. The Bertz CT molecular complexity index is 328. The number of carbonyl (C=O) groups excluding carboxylic acids is 1. The van der Waals surface area contributed by atoms with Crippen molar-refractivity contribution in [2.45, 2.75) is 33.8 Å². The maximum atomic E-state index is 12.1. The van der Waals surface area contributed by atoms with Gasteiger partial charge < -0.3 is 4.74 Å². The van der Waals surface area contributed by atoms with Gasteiger partial charge in [0, 0.05) is 6.61 Å². The zero-order chi connectivity index (χ0) is 11.4. The highest BCUT2D eigenvalue weighted by molar-refractivity contribution is 7.12. The van der Waals surface area contributed by atoms with Crippen molar-refractivity contribution in [2.75, 3.05) is 6.61 Å². The second-order valence-electron chi connectivity index (χ2n) is 3.92. The van der Waals surface area contributed by atoms with Crippen LogP contribution in [0.15, 0.2) is 11.4 Å². The molecular weight excluding hydrogens is 208 g/mol. The summed E-state index contributed by atoms with van der Waals surface area (Å²) in [5, 5.41) is 1.95. The summed E-state index contributed by atoms with van der Waals surface area (Å²) in [5.74, 6) is 0.346. The van der Waals surface area contributed by atoms with E-state index in [-0.39, 0.29) is 17.8 Å². The summed E-state index contributed by atoms with van der Waals surface area (Å²) in [5.41, 5.74) is 1.05. The molecule has 1 atom stereocenters. The van der Waals surface area contributed by atoms with Crippen LogP contribution in [0.2, 0.25) is 0 Å². The van der Waals surface area contributed by atoms with Crippen molar-refractivity contribution >= 4 is 17.1 Å². The van der Waals surface area contributed by atoms with Crippen LogP contribution in [0.5, 0.6) is 0 Å². The van der Waals surface area contributed by atoms with Crippen LogP contribution in [-0.2, 0) is 4.74 Å². The Morgan fingerprint density at radius 1 is 1.53 bits per heavy atom. The van der Waals surface area contributed by atoms with Gasteiger partial charge in [0.05, 0.1) is 4.88 Å². The van der Waals surface area contributed by atoms with Gasteiger partial charge in [0.1, 0.15) is 6.10 Å². The second-order valence-corrected chi connectivity index (χ2v) is 4.83. The van der Waals surface area contributed by atoms with Crippen LogP contribution in [0.25, 0.3) is 0 Å². The minimum Gasteiger partial charge on any atom is -0.370 e. The van der Waals surface area contributed by atoms with Gasteiger partial charge >= 0.3 is 0 Å².